The number of aromatic nitrogens is 3. The molecule has 25 heavy (non-hydrogen) atoms. The highest BCUT2D eigenvalue weighted by Gasteiger charge is 2.07. The number of aromatic amines is 1. The van der Waals surface area contributed by atoms with Crippen molar-refractivity contribution in [2.45, 2.75) is 5.16 Å². The lowest BCUT2D eigenvalue weighted by atomic mass is 10.2. The molecule has 0 atom stereocenters. The maximum absolute atomic E-state index is 12.0. The second-order valence-corrected chi connectivity index (χ2v) is 6.47. The number of H-pyrrole nitrogens is 1. The molecule has 3 rings (SSSR count). The van der Waals surface area contributed by atoms with Gasteiger partial charge in [0.15, 0.2) is 0 Å². The summed E-state index contributed by atoms with van der Waals surface area (Å²) in [5.41, 5.74) is 1.74. The Labute approximate surface area is 154 Å². The standard InChI is InChI=1S/C18H15ClN4OS/c19-14-7-4-8-15(11-14)20-17(24)12-25-18-21-16(22-23-18)10-9-13-5-2-1-3-6-13/h1-11H,12H2,(H,20,24)(H,21,22,23)/b10-9+. The van der Waals surface area contributed by atoms with Crippen molar-refractivity contribution in [1.29, 1.82) is 0 Å². The number of hydrogen-bond donors (Lipinski definition) is 2. The molecule has 0 fully saturated rings. The molecule has 2 N–H and O–H groups in total. The number of benzene rings is 2. The molecule has 1 aromatic heterocycles. The Morgan fingerprint density at radius 2 is 2.00 bits per heavy atom. The minimum absolute atomic E-state index is 0.140. The number of carbonyl (C=O) groups is 1. The summed E-state index contributed by atoms with van der Waals surface area (Å²) in [4.78, 5) is 16.3. The Kier molecular flexibility index (Phi) is 5.87. The lowest BCUT2D eigenvalue weighted by Gasteiger charge is -2.03. The van der Waals surface area contributed by atoms with Gasteiger partial charge in [0.2, 0.25) is 11.1 Å². The fourth-order valence-electron chi connectivity index (χ4n) is 2.03. The van der Waals surface area contributed by atoms with Crippen LogP contribution in [0.4, 0.5) is 5.69 Å². The molecule has 0 aliphatic heterocycles. The molecule has 0 radical (unpaired) electrons. The molecule has 0 spiro atoms. The van der Waals surface area contributed by atoms with Gasteiger partial charge in [-0.1, -0.05) is 65.8 Å². The third-order valence-corrected chi connectivity index (χ3v) is 4.24. The van der Waals surface area contributed by atoms with Crippen LogP contribution in [0.1, 0.15) is 11.4 Å². The number of hydrogen-bond acceptors (Lipinski definition) is 4. The first kappa shape index (κ1) is 17.3. The van der Waals surface area contributed by atoms with Crippen LogP contribution < -0.4 is 5.32 Å². The summed E-state index contributed by atoms with van der Waals surface area (Å²) in [5, 5.41) is 10.8. The number of halogens is 1. The number of amides is 1. The molecule has 0 aliphatic rings. The number of rotatable bonds is 6. The number of nitrogens with one attached hydrogen (secondary N) is 2. The second kappa shape index (κ2) is 8.50. The molecule has 126 valence electrons. The van der Waals surface area contributed by atoms with E-state index < -0.39 is 0 Å². The van der Waals surface area contributed by atoms with Crippen molar-refractivity contribution in [3.8, 4) is 0 Å². The van der Waals surface area contributed by atoms with Gasteiger partial charge in [0.25, 0.3) is 0 Å². The van der Waals surface area contributed by atoms with E-state index in [1.54, 1.807) is 24.3 Å². The maximum atomic E-state index is 12.0. The Morgan fingerprint density at radius 3 is 2.80 bits per heavy atom. The number of thioether (sulfide) groups is 1. The SMILES string of the molecule is O=C(CSc1n[nH]c(/C=C/c2ccccc2)n1)Nc1cccc(Cl)c1. The smallest absolute Gasteiger partial charge is 0.234 e. The lowest BCUT2D eigenvalue weighted by molar-refractivity contribution is -0.113. The van der Waals surface area contributed by atoms with Crippen LogP contribution in [-0.2, 0) is 4.79 Å². The average molecular weight is 371 g/mol. The molecule has 0 saturated carbocycles. The van der Waals surface area contributed by atoms with Gasteiger partial charge in [-0.2, -0.15) is 0 Å². The van der Waals surface area contributed by atoms with Crippen molar-refractivity contribution in [3.63, 3.8) is 0 Å². The first-order valence-electron chi connectivity index (χ1n) is 7.53. The zero-order valence-electron chi connectivity index (χ0n) is 13.1. The van der Waals surface area contributed by atoms with Crippen LogP contribution in [0.5, 0.6) is 0 Å². The van der Waals surface area contributed by atoms with Gasteiger partial charge < -0.3 is 5.32 Å². The Hall–Kier alpha value is -2.57. The third-order valence-electron chi connectivity index (χ3n) is 3.16. The van der Waals surface area contributed by atoms with Crippen molar-refractivity contribution in [1.82, 2.24) is 15.2 Å². The molecule has 3 aromatic rings. The van der Waals surface area contributed by atoms with Gasteiger partial charge in [-0.05, 0) is 29.8 Å². The first-order valence-corrected chi connectivity index (χ1v) is 8.89. The van der Waals surface area contributed by atoms with E-state index in [2.05, 4.69) is 20.5 Å². The Morgan fingerprint density at radius 1 is 1.16 bits per heavy atom. The van der Waals surface area contributed by atoms with Gasteiger partial charge in [0.05, 0.1) is 5.75 Å². The highest BCUT2D eigenvalue weighted by molar-refractivity contribution is 7.99. The summed E-state index contributed by atoms with van der Waals surface area (Å²) in [7, 11) is 0. The van der Waals surface area contributed by atoms with Crippen molar-refractivity contribution in [2.24, 2.45) is 0 Å². The van der Waals surface area contributed by atoms with E-state index in [9.17, 15) is 4.79 Å². The molecule has 0 saturated heterocycles. The van der Waals surface area contributed by atoms with Crippen LogP contribution in [0.2, 0.25) is 5.02 Å². The minimum atomic E-state index is -0.140. The van der Waals surface area contributed by atoms with Crippen LogP contribution in [-0.4, -0.2) is 26.8 Å². The molecule has 1 heterocycles. The van der Waals surface area contributed by atoms with Crippen LogP contribution >= 0.6 is 23.4 Å². The molecular formula is C18H15ClN4OS. The summed E-state index contributed by atoms with van der Waals surface area (Å²) < 4.78 is 0. The normalized spacial score (nSPS) is 10.9. The highest BCUT2D eigenvalue weighted by atomic mass is 35.5. The molecule has 7 heteroatoms. The highest BCUT2D eigenvalue weighted by Crippen LogP contribution is 2.17. The van der Waals surface area contributed by atoms with E-state index in [1.807, 2.05) is 42.5 Å². The van der Waals surface area contributed by atoms with E-state index in [-0.39, 0.29) is 11.7 Å². The summed E-state index contributed by atoms with van der Waals surface area (Å²) in [6.07, 6.45) is 3.79. The summed E-state index contributed by atoms with van der Waals surface area (Å²) in [5.74, 6) is 0.715. The van der Waals surface area contributed by atoms with Crippen LogP contribution in [0.25, 0.3) is 12.2 Å². The van der Waals surface area contributed by atoms with Crippen LogP contribution in [0.3, 0.4) is 0 Å². The Balaban J connectivity index is 1.51. The third kappa shape index (κ3) is 5.48. The summed E-state index contributed by atoms with van der Waals surface area (Å²) in [6, 6.07) is 16.9. The average Bonchev–Trinajstić information content (AvgIpc) is 3.07. The van der Waals surface area contributed by atoms with E-state index in [4.69, 9.17) is 11.6 Å². The zero-order valence-corrected chi connectivity index (χ0v) is 14.7. The summed E-state index contributed by atoms with van der Waals surface area (Å²) in [6.45, 7) is 0. The maximum Gasteiger partial charge on any atom is 0.234 e. The van der Waals surface area contributed by atoms with E-state index >= 15 is 0 Å². The quantitative estimate of drug-likeness (QED) is 0.632. The molecule has 2 aromatic carbocycles. The van der Waals surface area contributed by atoms with Crippen molar-refractivity contribution in [3.05, 3.63) is 71.0 Å². The van der Waals surface area contributed by atoms with Crippen molar-refractivity contribution >= 4 is 47.1 Å². The minimum Gasteiger partial charge on any atom is -0.325 e. The van der Waals surface area contributed by atoms with Crippen molar-refractivity contribution in [2.75, 3.05) is 11.1 Å². The summed E-state index contributed by atoms with van der Waals surface area (Å²) >= 11 is 7.15. The number of carbonyl (C=O) groups excluding carboxylic acids is 1. The molecule has 0 aliphatic carbocycles. The van der Waals surface area contributed by atoms with Gasteiger partial charge >= 0.3 is 0 Å². The van der Waals surface area contributed by atoms with E-state index in [0.29, 0.717) is 21.7 Å². The molecular weight excluding hydrogens is 356 g/mol. The van der Waals surface area contributed by atoms with Gasteiger partial charge in [-0.15, -0.1) is 5.10 Å². The van der Waals surface area contributed by atoms with Gasteiger partial charge in [0, 0.05) is 10.7 Å². The van der Waals surface area contributed by atoms with Crippen molar-refractivity contribution < 1.29 is 4.79 Å². The van der Waals surface area contributed by atoms with Gasteiger partial charge in [-0.25, -0.2) is 4.98 Å². The molecule has 1 amide bonds. The lowest BCUT2D eigenvalue weighted by Crippen LogP contribution is -2.14. The Bertz CT molecular complexity index is 880. The van der Waals surface area contributed by atoms with Gasteiger partial charge in [0.1, 0.15) is 5.82 Å². The van der Waals surface area contributed by atoms with Crippen LogP contribution in [0.15, 0.2) is 59.8 Å². The van der Waals surface area contributed by atoms with E-state index in [0.717, 1.165) is 5.56 Å². The second-order valence-electron chi connectivity index (χ2n) is 5.09. The largest absolute Gasteiger partial charge is 0.325 e. The number of nitrogens with zero attached hydrogens (tertiary/aromatic N) is 2. The monoisotopic (exact) mass is 370 g/mol. The molecule has 0 bridgehead atoms. The predicted molar refractivity (Wildman–Crippen MR) is 103 cm³/mol. The topological polar surface area (TPSA) is 70.7 Å². The molecule has 0 unspecified atom stereocenters. The number of anilines is 1. The predicted octanol–water partition coefficient (Wildman–Crippen LogP) is 4.36. The zero-order chi connectivity index (χ0) is 17.5. The first-order chi connectivity index (χ1) is 12.2. The fraction of sp³-hybridized carbons (Fsp3) is 0.0556. The van der Waals surface area contributed by atoms with Gasteiger partial charge in [-0.3, -0.25) is 9.89 Å². The van der Waals surface area contributed by atoms with Crippen LogP contribution in [0, 0.1) is 0 Å². The molecule has 5 nitrogen and oxygen atoms in total. The fourth-order valence-corrected chi connectivity index (χ4v) is 2.83. The van der Waals surface area contributed by atoms with E-state index in [1.165, 1.54) is 11.8 Å².